The molecule has 0 aliphatic carbocycles. The van der Waals surface area contributed by atoms with Crippen LogP contribution < -0.4 is 0 Å². The topological polar surface area (TPSA) is 17.1 Å². The van der Waals surface area contributed by atoms with Crippen LogP contribution in [0.5, 0.6) is 0 Å². The molecule has 1 aromatic heterocycles. The Morgan fingerprint density at radius 3 is 2.94 bits per heavy atom. The fraction of sp³-hybridized carbons (Fsp3) is 0.0833. The van der Waals surface area contributed by atoms with Crippen LogP contribution in [0.15, 0.2) is 46.0 Å². The van der Waals surface area contributed by atoms with Crippen molar-refractivity contribution in [1.82, 2.24) is 0 Å². The lowest BCUT2D eigenvalue weighted by atomic mass is 10.2. The maximum Gasteiger partial charge on any atom is 0.173 e. The zero-order valence-corrected chi connectivity index (χ0v) is 9.98. The van der Waals surface area contributed by atoms with E-state index in [9.17, 15) is 9.18 Å². The van der Waals surface area contributed by atoms with Gasteiger partial charge in [-0.2, -0.15) is 11.3 Å². The van der Waals surface area contributed by atoms with E-state index in [0.717, 1.165) is 10.5 Å². The molecule has 0 radical (unpaired) electrons. The number of thiophene rings is 1. The van der Waals surface area contributed by atoms with E-state index in [1.165, 1.54) is 35.2 Å². The highest BCUT2D eigenvalue weighted by Gasteiger charge is 2.06. The summed E-state index contributed by atoms with van der Waals surface area (Å²) in [5.74, 6) is 0.156. The number of thioether (sulfide) groups is 1. The van der Waals surface area contributed by atoms with Gasteiger partial charge in [0.05, 0.1) is 5.75 Å². The Kier molecular flexibility index (Phi) is 3.74. The van der Waals surface area contributed by atoms with Crippen LogP contribution in [0.25, 0.3) is 0 Å². The molecule has 0 bridgehead atoms. The molecule has 2 rings (SSSR count). The Bertz CT molecular complexity index is 480. The van der Waals surface area contributed by atoms with E-state index in [1.54, 1.807) is 18.2 Å². The summed E-state index contributed by atoms with van der Waals surface area (Å²) in [6, 6.07) is 8.08. The number of rotatable bonds is 4. The number of carbonyl (C=O) groups excluding carboxylic acids is 1. The Morgan fingerprint density at radius 2 is 2.25 bits per heavy atom. The third kappa shape index (κ3) is 2.93. The van der Waals surface area contributed by atoms with Crippen molar-refractivity contribution in [2.24, 2.45) is 0 Å². The van der Waals surface area contributed by atoms with Gasteiger partial charge in [-0.15, -0.1) is 11.8 Å². The summed E-state index contributed by atoms with van der Waals surface area (Å²) >= 11 is 2.86. The van der Waals surface area contributed by atoms with Crippen LogP contribution in [0.3, 0.4) is 0 Å². The van der Waals surface area contributed by atoms with Gasteiger partial charge in [0, 0.05) is 15.8 Å². The van der Waals surface area contributed by atoms with Gasteiger partial charge in [-0.25, -0.2) is 4.39 Å². The minimum atomic E-state index is -0.270. The minimum Gasteiger partial charge on any atom is -0.293 e. The molecular formula is C12H9FOS2. The second-order valence-corrected chi connectivity index (χ2v) is 5.01. The Balaban J connectivity index is 1.95. The predicted octanol–water partition coefficient (Wildman–Crippen LogP) is 3.86. The van der Waals surface area contributed by atoms with Crippen molar-refractivity contribution in [2.75, 3.05) is 5.75 Å². The van der Waals surface area contributed by atoms with E-state index in [-0.39, 0.29) is 11.6 Å². The van der Waals surface area contributed by atoms with Crippen molar-refractivity contribution in [3.8, 4) is 0 Å². The zero-order valence-electron chi connectivity index (χ0n) is 8.35. The highest BCUT2D eigenvalue weighted by atomic mass is 32.2. The van der Waals surface area contributed by atoms with Crippen LogP contribution in [-0.4, -0.2) is 11.5 Å². The monoisotopic (exact) mass is 252 g/mol. The predicted molar refractivity (Wildman–Crippen MR) is 65.8 cm³/mol. The lowest BCUT2D eigenvalue weighted by Gasteiger charge is -2.00. The summed E-state index contributed by atoms with van der Waals surface area (Å²) in [6.45, 7) is 0. The van der Waals surface area contributed by atoms with Crippen molar-refractivity contribution in [3.63, 3.8) is 0 Å². The molecule has 16 heavy (non-hydrogen) atoms. The molecule has 0 fully saturated rings. The summed E-state index contributed by atoms with van der Waals surface area (Å²) in [5, 5.41) is 3.70. The fourth-order valence-corrected chi connectivity index (χ4v) is 2.71. The van der Waals surface area contributed by atoms with Gasteiger partial charge in [-0.1, -0.05) is 6.07 Å². The van der Waals surface area contributed by atoms with Crippen LogP contribution in [0.4, 0.5) is 4.39 Å². The van der Waals surface area contributed by atoms with Gasteiger partial charge in [-0.3, -0.25) is 4.79 Å². The van der Waals surface area contributed by atoms with Gasteiger partial charge in [0.15, 0.2) is 5.78 Å². The first kappa shape index (κ1) is 11.4. The molecule has 4 heteroatoms. The van der Waals surface area contributed by atoms with Crippen molar-refractivity contribution in [3.05, 3.63) is 52.5 Å². The summed E-state index contributed by atoms with van der Waals surface area (Å²) in [6.07, 6.45) is 0. The first-order valence-corrected chi connectivity index (χ1v) is 6.62. The van der Waals surface area contributed by atoms with Gasteiger partial charge in [0.2, 0.25) is 0 Å². The molecule has 0 unspecified atom stereocenters. The molecule has 82 valence electrons. The number of hydrogen-bond acceptors (Lipinski definition) is 3. The van der Waals surface area contributed by atoms with E-state index in [1.807, 2.05) is 10.8 Å². The summed E-state index contributed by atoms with van der Waals surface area (Å²) in [5.41, 5.74) is 0.730. The number of benzene rings is 1. The maximum atomic E-state index is 12.9. The Labute approximate surface area is 101 Å². The third-order valence-corrected chi connectivity index (χ3v) is 3.69. The summed E-state index contributed by atoms with van der Waals surface area (Å²) < 4.78 is 12.9. The normalized spacial score (nSPS) is 10.3. The minimum absolute atomic E-state index is 0.0792. The van der Waals surface area contributed by atoms with Crippen LogP contribution >= 0.6 is 23.1 Å². The molecule has 0 spiro atoms. The quantitative estimate of drug-likeness (QED) is 0.607. The van der Waals surface area contributed by atoms with Crippen molar-refractivity contribution in [2.45, 2.75) is 4.90 Å². The molecular weight excluding hydrogens is 243 g/mol. The lowest BCUT2D eigenvalue weighted by Crippen LogP contribution is -1.99. The van der Waals surface area contributed by atoms with Crippen molar-refractivity contribution in [1.29, 1.82) is 0 Å². The van der Waals surface area contributed by atoms with Gasteiger partial charge >= 0.3 is 0 Å². The molecule has 1 aromatic carbocycles. The second-order valence-electron chi connectivity index (χ2n) is 3.18. The molecule has 0 amide bonds. The fourth-order valence-electron chi connectivity index (χ4n) is 1.21. The number of hydrogen-bond donors (Lipinski definition) is 0. The number of carbonyl (C=O) groups is 1. The number of halogens is 1. The van der Waals surface area contributed by atoms with Gasteiger partial charge in [0.25, 0.3) is 0 Å². The van der Waals surface area contributed by atoms with Crippen LogP contribution in [0.1, 0.15) is 10.4 Å². The van der Waals surface area contributed by atoms with Crippen molar-refractivity contribution >= 4 is 28.9 Å². The average Bonchev–Trinajstić information content (AvgIpc) is 2.79. The Morgan fingerprint density at radius 1 is 1.38 bits per heavy atom. The second kappa shape index (κ2) is 5.27. The van der Waals surface area contributed by atoms with Crippen molar-refractivity contribution < 1.29 is 9.18 Å². The van der Waals surface area contributed by atoms with Crippen LogP contribution in [0.2, 0.25) is 0 Å². The van der Waals surface area contributed by atoms with E-state index in [0.29, 0.717) is 5.75 Å². The van der Waals surface area contributed by atoms with Gasteiger partial charge in [-0.05, 0) is 29.6 Å². The smallest absolute Gasteiger partial charge is 0.173 e. The van der Waals surface area contributed by atoms with Gasteiger partial charge < -0.3 is 0 Å². The van der Waals surface area contributed by atoms with E-state index >= 15 is 0 Å². The molecule has 0 aliphatic rings. The van der Waals surface area contributed by atoms with Crippen LogP contribution in [0, 0.1) is 5.82 Å². The highest BCUT2D eigenvalue weighted by Crippen LogP contribution is 2.20. The van der Waals surface area contributed by atoms with E-state index in [2.05, 4.69) is 0 Å². The molecule has 1 heterocycles. The van der Waals surface area contributed by atoms with E-state index < -0.39 is 0 Å². The molecule has 2 aromatic rings. The molecule has 0 N–H and O–H groups in total. The molecule has 0 aliphatic heterocycles. The average molecular weight is 252 g/mol. The standard InChI is InChI=1S/C12H9FOS2/c13-10-2-1-3-11(6-10)16-8-12(14)9-4-5-15-7-9/h1-7H,8H2. The summed E-state index contributed by atoms with van der Waals surface area (Å²) in [7, 11) is 0. The van der Waals surface area contributed by atoms with Gasteiger partial charge in [0.1, 0.15) is 5.82 Å². The van der Waals surface area contributed by atoms with E-state index in [4.69, 9.17) is 0 Å². The molecule has 0 atom stereocenters. The largest absolute Gasteiger partial charge is 0.293 e. The molecule has 0 saturated carbocycles. The zero-order chi connectivity index (χ0) is 11.4. The molecule has 0 saturated heterocycles. The Hall–Kier alpha value is -1.13. The first-order valence-electron chi connectivity index (χ1n) is 4.69. The first-order chi connectivity index (χ1) is 7.75. The summed E-state index contributed by atoms with van der Waals surface area (Å²) in [4.78, 5) is 12.4. The maximum absolute atomic E-state index is 12.9. The lowest BCUT2D eigenvalue weighted by molar-refractivity contribution is 0.102. The number of ketones is 1. The highest BCUT2D eigenvalue weighted by molar-refractivity contribution is 8.00. The third-order valence-electron chi connectivity index (χ3n) is 2.01. The SMILES string of the molecule is O=C(CSc1cccc(F)c1)c1ccsc1. The van der Waals surface area contributed by atoms with Crippen LogP contribution in [-0.2, 0) is 0 Å². The number of Topliss-reactive ketones (excluding diaryl/α,β-unsaturated/α-hetero) is 1. The molecule has 1 nitrogen and oxygen atoms in total.